The third kappa shape index (κ3) is 2.98. The molecule has 1 fully saturated rings. The minimum absolute atomic E-state index is 0.490. The zero-order valence-electron chi connectivity index (χ0n) is 13.2. The van der Waals surface area contributed by atoms with Crippen LogP contribution in [0.3, 0.4) is 0 Å². The van der Waals surface area contributed by atoms with Crippen LogP contribution in [0.15, 0.2) is 84.0 Å². The zero-order valence-corrected chi connectivity index (χ0v) is 13.2. The van der Waals surface area contributed by atoms with Gasteiger partial charge in [0.25, 0.3) is 0 Å². The molecule has 0 aliphatic heterocycles. The van der Waals surface area contributed by atoms with Crippen LogP contribution in [0.1, 0.15) is 29.7 Å². The van der Waals surface area contributed by atoms with Crippen molar-refractivity contribution in [3.63, 3.8) is 0 Å². The Morgan fingerprint density at radius 1 is 0.875 bits per heavy atom. The molecule has 1 heterocycles. The van der Waals surface area contributed by atoms with E-state index in [1.165, 1.54) is 0 Å². The van der Waals surface area contributed by atoms with E-state index >= 15 is 0 Å². The Balaban J connectivity index is 1.80. The van der Waals surface area contributed by atoms with E-state index in [0.717, 1.165) is 22.5 Å². The van der Waals surface area contributed by atoms with Gasteiger partial charge in [-0.2, -0.15) is 0 Å². The maximum Gasteiger partial charge on any atom is 0.153 e. The number of aromatic nitrogens is 1. The van der Waals surface area contributed by atoms with Gasteiger partial charge in [0, 0.05) is 17.3 Å². The van der Waals surface area contributed by atoms with Crippen LogP contribution < -0.4 is 0 Å². The monoisotopic (exact) mass is 316 g/mol. The van der Waals surface area contributed by atoms with Gasteiger partial charge in [0.15, 0.2) is 5.67 Å². The number of alkyl halides is 1. The molecule has 0 amide bonds. The molecular weight excluding hydrogens is 299 g/mol. The summed E-state index contributed by atoms with van der Waals surface area (Å²) < 4.78 is 14.3. The molecule has 1 saturated carbocycles. The normalized spacial score (nSPS) is 14.9. The van der Waals surface area contributed by atoms with Gasteiger partial charge in [-0.05, 0) is 25.0 Å². The second-order valence-corrected chi connectivity index (χ2v) is 6.06. The minimum atomic E-state index is -1.24. The van der Waals surface area contributed by atoms with E-state index < -0.39 is 5.67 Å². The topological polar surface area (TPSA) is 25.2 Å². The van der Waals surface area contributed by atoms with E-state index in [9.17, 15) is 4.39 Å². The van der Waals surface area contributed by atoms with Gasteiger partial charge >= 0.3 is 0 Å². The lowest BCUT2D eigenvalue weighted by Gasteiger charge is -2.09. The minimum Gasteiger partial charge on any atom is -0.258 e. The largest absolute Gasteiger partial charge is 0.258 e. The molecule has 0 bridgehead atoms. The Hall–Kier alpha value is -2.81. The maximum absolute atomic E-state index is 14.3. The number of benzene rings is 2. The average Bonchev–Trinajstić information content (AvgIpc) is 3.40. The molecule has 0 radical (unpaired) electrons. The molecule has 3 heteroatoms. The Morgan fingerprint density at radius 2 is 1.46 bits per heavy atom. The summed E-state index contributed by atoms with van der Waals surface area (Å²) in [5.41, 5.74) is 2.91. The Kier molecular flexibility index (Phi) is 3.69. The summed E-state index contributed by atoms with van der Waals surface area (Å²) in [6, 6.07) is 23.7. The van der Waals surface area contributed by atoms with Crippen molar-refractivity contribution in [2.75, 3.05) is 0 Å². The molecule has 3 aromatic rings. The summed E-state index contributed by atoms with van der Waals surface area (Å²) in [6.45, 7) is 0. The molecule has 4 rings (SSSR count). The summed E-state index contributed by atoms with van der Waals surface area (Å²) in [5, 5.41) is 0. The lowest BCUT2D eigenvalue weighted by molar-refractivity contribution is 0.309. The molecule has 0 atom stereocenters. The van der Waals surface area contributed by atoms with Crippen molar-refractivity contribution < 1.29 is 4.39 Å². The van der Waals surface area contributed by atoms with Gasteiger partial charge in [-0.15, -0.1) is 0 Å². The van der Waals surface area contributed by atoms with Crippen molar-refractivity contribution in [2.24, 2.45) is 4.99 Å². The van der Waals surface area contributed by atoms with Crippen molar-refractivity contribution in [3.8, 4) is 0 Å². The second-order valence-electron chi connectivity index (χ2n) is 6.06. The molecule has 1 aliphatic rings. The van der Waals surface area contributed by atoms with Crippen molar-refractivity contribution in [1.29, 1.82) is 0 Å². The maximum atomic E-state index is 14.3. The summed E-state index contributed by atoms with van der Waals surface area (Å²) in [5.74, 6) is 0. The van der Waals surface area contributed by atoms with Crippen molar-refractivity contribution in [2.45, 2.75) is 18.5 Å². The van der Waals surface area contributed by atoms with Gasteiger partial charge < -0.3 is 0 Å². The van der Waals surface area contributed by atoms with Crippen LogP contribution in [0, 0.1) is 0 Å². The zero-order chi connectivity index (χ0) is 16.4. The Morgan fingerprint density at radius 3 is 2.00 bits per heavy atom. The smallest absolute Gasteiger partial charge is 0.153 e. The summed E-state index contributed by atoms with van der Waals surface area (Å²) in [4.78, 5) is 8.99. The van der Waals surface area contributed by atoms with E-state index in [1.807, 2.05) is 66.7 Å². The summed E-state index contributed by atoms with van der Waals surface area (Å²) in [7, 11) is 0. The predicted molar refractivity (Wildman–Crippen MR) is 94.4 cm³/mol. The van der Waals surface area contributed by atoms with Gasteiger partial charge in [0.05, 0.1) is 17.1 Å². The van der Waals surface area contributed by atoms with Crippen LogP contribution >= 0.6 is 0 Å². The van der Waals surface area contributed by atoms with Gasteiger partial charge in [0.1, 0.15) is 0 Å². The number of nitrogens with zero attached hydrogens (tertiary/aromatic N) is 2. The predicted octanol–water partition coefficient (Wildman–Crippen LogP) is 5.21. The fourth-order valence-corrected chi connectivity index (χ4v) is 2.72. The summed E-state index contributed by atoms with van der Waals surface area (Å²) >= 11 is 0. The molecule has 1 aliphatic carbocycles. The van der Waals surface area contributed by atoms with Gasteiger partial charge in [0.2, 0.25) is 0 Å². The third-order valence-electron chi connectivity index (χ3n) is 4.23. The number of hydrogen-bond acceptors (Lipinski definition) is 2. The van der Waals surface area contributed by atoms with Crippen LogP contribution in [0.25, 0.3) is 0 Å². The number of halogens is 1. The van der Waals surface area contributed by atoms with E-state index in [1.54, 1.807) is 12.3 Å². The van der Waals surface area contributed by atoms with Gasteiger partial charge in [-0.1, -0.05) is 60.7 Å². The number of rotatable bonds is 4. The Labute approximate surface area is 140 Å². The third-order valence-corrected chi connectivity index (χ3v) is 4.23. The van der Waals surface area contributed by atoms with Crippen LogP contribution in [0.5, 0.6) is 0 Å². The fourth-order valence-electron chi connectivity index (χ4n) is 2.72. The van der Waals surface area contributed by atoms with Gasteiger partial charge in [-0.25, -0.2) is 9.38 Å². The van der Waals surface area contributed by atoms with Crippen LogP contribution in [-0.4, -0.2) is 10.7 Å². The molecule has 24 heavy (non-hydrogen) atoms. The van der Waals surface area contributed by atoms with E-state index in [0.29, 0.717) is 18.5 Å². The van der Waals surface area contributed by atoms with Crippen LogP contribution in [0.4, 0.5) is 10.1 Å². The lowest BCUT2D eigenvalue weighted by atomic mass is 10.0. The number of aliphatic imine (C=N–C) groups is 1. The van der Waals surface area contributed by atoms with E-state index in [4.69, 9.17) is 4.99 Å². The first-order valence-corrected chi connectivity index (χ1v) is 8.10. The molecule has 0 saturated heterocycles. The molecular formula is C21H17FN2. The first-order valence-electron chi connectivity index (χ1n) is 8.10. The Bertz CT molecular complexity index is 827. The van der Waals surface area contributed by atoms with Gasteiger partial charge in [-0.3, -0.25) is 4.98 Å². The fraction of sp³-hybridized carbons (Fsp3) is 0.143. The number of hydrogen-bond donors (Lipinski definition) is 0. The molecule has 0 N–H and O–H groups in total. The molecule has 118 valence electrons. The van der Waals surface area contributed by atoms with Crippen molar-refractivity contribution >= 4 is 11.4 Å². The molecule has 2 nitrogen and oxygen atoms in total. The highest BCUT2D eigenvalue weighted by molar-refractivity contribution is 6.13. The first kappa shape index (κ1) is 14.8. The summed E-state index contributed by atoms with van der Waals surface area (Å²) in [6.07, 6.45) is 2.75. The second kappa shape index (κ2) is 6.00. The van der Waals surface area contributed by atoms with E-state index in [2.05, 4.69) is 4.98 Å². The quantitative estimate of drug-likeness (QED) is 0.607. The van der Waals surface area contributed by atoms with Crippen LogP contribution in [-0.2, 0) is 5.67 Å². The average molecular weight is 316 g/mol. The molecule has 2 aromatic carbocycles. The molecule has 0 unspecified atom stereocenters. The van der Waals surface area contributed by atoms with Crippen molar-refractivity contribution in [1.82, 2.24) is 4.98 Å². The highest BCUT2D eigenvalue weighted by Gasteiger charge is 2.46. The highest BCUT2D eigenvalue weighted by Crippen LogP contribution is 2.49. The first-order chi connectivity index (χ1) is 11.7. The molecule has 1 aromatic heterocycles. The highest BCUT2D eigenvalue weighted by atomic mass is 19.1. The SMILES string of the molecule is FC1(c2cc(N=C(c3ccccc3)c3ccccc3)ccn2)CC1. The molecule has 0 spiro atoms. The van der Waals surface area contributed by atoms with Crippen molar-refractivity contribution in [3.05, 3.63) is 95.8 Å². The van der Waals surface area contributed by atoms with E-state index in [-0.39, 0.29) is 0 Å². The standard InChI is InChI=1S/C21H17FN2/c22-21(12-13-21)19-15-18(11-14-23-19)24-20(16-7-3-1-4-8-16)17-9-5-2-6-10-17/h1-11,14-15H,12-13H2. The van der Waals surface area contributed by atoms with Crippen LogP contribution in [0.2, 0.25) is 0 Å². The number of pyridine rings is 1. The lowest BCUT2D eigenvalue weighted by Crippen LogP contribution is -2.03.